The molecule has 1 amide bonds. The Morgan fingerprint density at radius 3 is 2.42 bits per heavy atom. The van der Waals surface area contributed by atoms with Gasteiger partial charge in [-0.05, 0) is 48.9 Å². The van der Waals surface area contributed by atoms with Crippen molar-refractivity contribution in [2.75, 3.05) is 29.6 Å². The topological polar surface area (TPSA) is 70.2 Å². The average molecular weight is 347 g/mol. The van der Waals surface area contributed by atoms with Gasteiger partial charge in [0.1, 0.15) is 17.8 Å². The van der Waals surface area contributed by atoms with Crippen LogP contribution in [0, 0.1) is 6.92 Å². The highest BCUT2D eigenvalue weighted by Crippen LogP contribution is 2.19. The van der Waals surface area contributed by atoms with Crippen LogP contribution in [0.5, 0.6) is 0 Å². The molecule has 0 radical (unpaired) electrons. The number of nitrogens with zero attached hydrogens (tertiary/aromatic N) is 3. The van der Waals surface area contributed by atoms with Crippen LogP contribution < -0.4 is 15.5 Å². The molecular weight excluding hydrogens is 326 g/mol. The van der Waals surface area contributed by atoms with E-state index in [-0.39, 0.29) is 5.91 Å². The molecule has 3 rings (SSSR count). The number of aromatic nitrogens is 2. The number of nitrogens with one attached hydrogen (secondary N) is 2. The predicted octanol–water partition coefficient (Wildman–Crippen LogP) is 3.85. The Morgan fingerprint density at radius 2 is 1.73 bits per heavy atom. The highest BCUT2D eigenvalue weighted by atomic mass is 16.1. The van der Waals surface area contributed by atoms with Crippen LogP contribution >= 0.6 is 0 Å². The van der Waals surface area contributed by atoms with E-state index >= 15 is 0 Å². The van der Waals surface area contributed by atoms with Crippen molar-refractivity contribution in [3.05, 3.63) is 72.2 Å². The van der Waals surface area contributed by atoms with Crippen molar-refractivity contribution in [3.63, 3.8) is 0 Å². The average Bonchev–Trinajstić information content (AvgIpc) is 2.62. The van der Waals surface area contributed by atoms with Gasteiger partial charge in [0.15, 0.2) is 0 Å². The summed E-state index contributed by atoms with van der Waals surface area (Å²) in [6, 6.07) is 17.2. The summed E-state index contributed by atoms with van der Waals surface area (Å²) in [6.45, 7) is 1.98. The van der Waals surface area contributed by atoms with Crippen molar-refractivity contribution in [2.24, 2.45) is 0 Å². The van der Waals surface area contributed by atoms with Gasteiger partial charge in [-0.25, -0.2) is 9.97 Å². The van der Waals surface area contributed by atoms with E-state index < -0.39 is 0 Å². The summed E-state index contributed by atoms with van der Waals surface area (Å²) in [5.41, 5.74) is 4.11. The molecule has 0 aliphatic carbocycles. The second-order valence-corrected chi connectivity index (χ2v) is 6.18. The molecule has 0 saturated heterocycles. The van der Waals surface area contributed by atoms with Crippen molar-refractivity contribution in [3.8, 4) is 0 Å². The van der Waals surface area contributed by atoms with E-state index in [9.17, 15) is 4.79 Å². The van der Waals surface area contributed by atoms with Gasteiger partial charge in [-0.1, -0.05) is 12.1 Å². The molecule has 0 atom stereocenters. The van der Waals surface area contributed by atoms with Gasteiger partial charge in [0.05, 0.1) is 0 Å². The van der Waals surface area contributed by atoms with Gasteiger partial charge in [0.25, 0.3) is 5.91 Å². The number of hydrogen-bond donors (Lipinski definition) is 2. The van der Waals surface area contributed by atoms with Crippen LogP contribution in [0.3, 0.4) is 0 Å². The lowest BCUT2D eigenvalue weighted by Crippen LogP contribution is -2.14. The van der Waals surface area contributed by atoms with E-state index in [0.29, 0.717) is 11.5 Å². The fraction of sp³-hybridized carbons (Fsp3) is 0.150. The van der Waals surface area contributed by atoms with Crippen LogP contribution in [0.15, 0.2) is 60.9 Å². The maximum absolute atomic E-state index is 12.4. The normalized spacial score (nSPS) is 10.3. The fourth-order valence-electron chi connectivity index (χ4n) is 2.46. The van der Waals surface area contributed by atoms with Crippen molar-refractivity contribution in [1.29, 1.82) is 0 Å². The largest absolute Gasteiger partial charge is 0.378 e. The lowest BCUT2D eigenvalue weighted by atomic mass is 10.2. The van der Waals surface area contributed by atoms with Crippen molar-refractivity contribution in [2.45, 2.75) is 6.92 Å². The maximum Gasteiger partial charge on any atom is 0.274 e. The summed E-state index contributed by atoms with van der Waals surface area (Å²) in [5.74, 6) is 0.288. The Labute approximate surface area is 152 Å². The number of amides is 1. The van der Waals surface area contributed by atoms with Crippen LogP contribution in [0.2, 0.25) is 0 Å². The number of aryl methyl sites for hydroxylation is 1. The molecule has 2 aromatic carbocycles. The molecule has 132 valence electrons. The molecule has 6 nitrogen and oxygen atoms in total. The smallest absolute Gasteiger partial charge is 0.274 e. The zero-order valence-electron chi connectivity index (χ0n) is 15.0. The number of anilines is 4. The molecule has 2 N–H and O–H groups in total. The third-order valence-electron chi connectivity index (χ3n) is 3.83. The predicted molar refractivity (Wildman–Crippen MR) is 105 cm³/mol. The van der Waals surface area contributed by atoms with Crippen LogP contribution in [0.1, 0.15) is 16.1 Å². The highest BCUT2D eigenvalue weighted by molar-refractivity contribution is 6.03. The number of carbonyl (C=O) groups excluding carboxylic acids is 1. The summed E-state index contributed by atoms with van der Waals surface area (Å²) in [4.78, 5) is 22.7. The first-order valence-electron chi connectivity index (χ1n) is 8.26. The number of hydrogen-bond acceptors (Lipinski definition) is 5. The molecule has 6 heteroatoms. The molecule has 26 heavy (non-hydrogen) atoms. The standard InChI is InChI=1S/C20H21N5O/c1-14-5-4-6-16(11-14)24-20(26)18-12-19(22-13-21-18)23-15-7-9-17(10-8-15)25(2)3/h4-13H,1-3H3,(H,24,26)(H,21,22,23). The van der Waals surface area contributed by atoms with Gasteiger partial charge < -0.3 is 15.5 Å². The molecule has 0 bridgehead atoms. The number of carbonyl (C=O) groups is 1. The minimum absolute atomic E-state index is 0.274. The van der Waals surface area contributed by atoms with Gasteiger partial charge in [-0.15, -0.1) is 0 Å². The fourth-order valence-corrected chi connectivity index (χ4v) is 2.46. The Balaban J connectivity index is 1.72. The highest BCUT2D eigenvalue weighted by Gasteiger charge is 2.09. The first-order valence-corrected chi connectivity index (χ1v) is 8.26. The van der Waals surface area contributed by atoms with E-state index in [1.54, 1.807) is 6.07 Å². The first-order chi connectivity index (χ1) is 12.5. The second kappa shape index (κ2) is 7.65. The van der Waals surface area contributed by atoms with E-state index in [1.165, 1.54) is 6.33 Å². The Hall–Kier alpha value is -3.41. The molecule has 0 fully saturated rings. The lowest BCUT2D eigenvalue weighted by molar-refractivity contribution is 0.102. The van der Waals surface area contributed by atoms with Crippen molar-refractivity contribution < 1.29 is 4.79 Å². The quantitative estimate of drug-likeness (QED) is 0.734. The lowest BCUT2D eigenvalue weighted by Gasteiger charge is -2.13. The van der Waals surface area contributed by atoms with Gasteiger partial charge in [0, 0.05) is 37.2 Å². The Morgan fingerprint density at radius 1 is 0.962 bits per heavy atom. The third kappa shape index (κ3) is 4.36. The zero-order chi connectivity index (χ0) is 18.5. The molecule has 0 spiro atoms. The molecule has 0 aliphatic heterocycles. The van der Waals surface area contributed by atoms with Crippen LogP contribution in [0.4, 0.5) is 22.9 Å². The number of benzene rings is 2. The molecule has 0 aliphatic rings. The molecular formula is C20H21N5O. The van der Waals surface area contributed by atoms with Crippen LogP contribution in [0.25, 0.3) is 0 Å². The van der Waals surface area contributed by atoms with Gasteiger partial charge in [0.2, 0.25) is 0 Å². The van der Waals surface area contributed by atoms with Crippen molar-refractivity contribution >= 4 is 28.8 Å². The molecule has 0 unspecified atom stereocenters. The summed E-state index contributed by atoms with van der Waals surface area (Å²) >= 11 is 0. The van der Waals surface area contributed by atoms with E-state index in [1.807, 2.05) is 74.4 Å². The minimum Gasteiger partial charge on any atom is -0.378 e. The Bertz CT molecular complexity index is 906. The summed E-state index contributed by atoms with van der Waals surface area (Å²) in [5, 5.41) is 6.04. The maximum atomic E-state index is 12.4. The SMILES string of the molecule is Cc1cccc(NC(=O)c2cc(Nc3ccc(N(C)C)cc3)ncn2)c1. The summed E-state index contributed by atoms with van der Waals surface area (Å²) in [7, 11) is 3.98. The van der Waals surface area contributed by atoms with Gasteiger partial charge in [-0.2, -0.15) is 0 Å². The number of rotatable bonds is 5. The molecule has 1 heterocycles. The zero-order valence-corrected chi connectivity index (χ0v) is 15.0. The van der Waals surface area contributed by atoms with E-state index in [4.69, 9.17) is 0 Å². The van der Waals surface area contributed by atoms with Gasteiger partial charge >= 0.3 is 0 Å². The van der Waals surface area contributed by atoms with Crippen LogP contribution in [-0.4, -0.2) is 30.0 Å². The summed E-state index contributed by atoms with van der Waals surface area (Å²) < 4.78 is 0. The summed E-state index contributed by atoms with van der Waals surface area (Å²) in [6.07, 6.45) is 1.38. The van der Waals surface area contributed by atoms with Crippen LogP contribution in [-0.2, 0) is 0 Å². The second-order valence-electron chi connectivity index (χ2n) is 6.18. The monoisotopic (exact) mass is 347 g/mol. The first kappa shape index (κ1) is 17.4. The van der Waals surface area contributed by atoms with Gasteiger partial charge in [-0.3, -0.25) is 4.79 Å². The molecule has 3 aromatic rings. The third-order valence-corrected chi connectivity index (χ3v) is 3.83. The minimum atomic E-state index is -0.274. The molecule has 0 saturated carbocycles. The van der Waals surface area contributed by atoms with Crippen molar-refractivity contribution in [1.82, 2.24) is 9.97 Å². The Kier molecular flexibility index (Phi) is 5.12. The van der Waals surface area contributed by atoms with E-state index in [2.05, 4.69) is 20.6 Å². The van der Waals surface area contributed by atoms with E-state index in [0.717, 1.165) is 22.6 Å². The molecule has 1 aromatic heterocycles.